The Bertz CT molecular complexity index is 4800. The molecule has 0 radical (unpaired) electrons. The molecule has 6 aliphatic heterocycles. The Morgan fingerprint density at radius 3 is 1.12 bits per heavy atom. The van der Waals surface area contributed by atoms with Crippen molar-refractivity contribution in [1.82, 2.24) is 0 Å². The van der Waals surface area contributed by atoms with Crippen molar-refractivity contribution in [2.75, 3.05) is 14.7 Å². The second kappa shape index (κ2) is 19.4. The van der Waals surface area contributed by atoms with Gasteiger partial charge in [0.05, 0.1) is 5.69 Å². The van der Waals surface area contributed by atoms with Crippen LogP contribution in [0.5, 0.6) is 34.5 Å². The van der Waals surface area contributed by atoms with Gasteiger partial charge in [-0.05, 0) is 230 Å². The van der Waals surface area contributed by atoms with E-state index in [1.807, 2.05) is 0 Å². The van der Waals surface area contributed by atoms with E-state index in [4.69, 9.17) is 14.2 Å². The van der Waals surface area contributed by atoms with Gasteiger partial charge in [-0.1, -0.05) is 161 Å². The van der Waals surface area contributed by atoms with E-state index < -0.39 is 0 Å². The molecule has 6 heterocycles. The summed E-state index contributed by atoms with van der Waals surface area (Å²) in [4.78, 5) is 7.64. The first-order valence-corrected chi connectivity index (χ1v) is 32.9. The molecule has 6 aliphatic rings. The topological polar surface area (TPSA) is 37.4 Å². The smallest absolute Gasteiger partial charge is 0.260 e. The van der Waals surface area contributed by atoms with Crippen LogP contribution < -0.4 is 78.1 Å². The van der Waals surface area contributed by atoms with Crippen molar-refractivity contribution in [2.24, 2.45) is 0 Å². The number of aryl methyl sites for hydroxylation is 6. The lowest BCUT2D eigenvalue weighted by atomic mass is 9.29. The number of fused-ring (bicyclic) bond motifs is 12. The molecule has 0 saturated heterocycles. The summed E-state index contributed by atoms with van der Waals surface area (Å²) in [7, 11) is 0. The van der Waals surface area contributed by atoms with Crippen LogP contribution in [-0.2, 0) is 21.7 Å². The minimum Gasteiger partial charge on any atom is -0.458 e. The molecule has 0 spiro atoms. The molecule has 0 bridgehead atoms. The van der Waals surface area contributed by atoms with Gasteiger partial charge in [0, 0.05) is 63.1 Å². The van der Waals surface area contributed by atoms with E-state index in [1.54, 1.807) is 0 Å². The largest absolute Gasteiger partial charge is 0.458 e. The fourth-order valence-electron chi connectivity index (χ4n) is 16.1. The maximum atomic E-state index is 7.49. The molecule has 9 heteroatoms. The van der Waals surface area contributed by atoms with E-state index in [2.05, 4.69) is 297 Å². The van der Waals surface area contributed by atoms with Gasteiger partial charge in [-0.3, -0.25) is 0 Å². The molecule has 0 N–H and O–H groups in total. The summed E-state index contributed by atoms with van der Waals surface area (Å²) in [6.45, 7) is 40.6. The van der Waals surface area contributed by atoms with Crippen LogP contribution in [0, 0.1) is 41.5 Å². The molecule has 0 unspecified atom stereocenters. The third kappa shape index (κ3) is 8.75. The standard InChI is InChI=1S/C82H80B3N3O3/c1-45-31-49(5)78(50(6)32-45)88-65-44-71-62(42-59(65)84-60-40-54(82(16,17)18)24-30-69(60)89-72-36-47(3)35-68(88)76(72)84)85-61-41-58-64(43-70(61)90-73-37-48(4)38-74(91-71)77(73)85)87(56-27-21-52(22-28-56)80(10,11)12)67-34-46(2)33-66-75(67)83(58)57-39-53(81(13,14)15)23-29-63(57)86(66)55-25-19-51(20-26-55)79(7,8)9/h19-44H,1-18H3. The Morgan fingerprint density at radius 1 is 0.264 bits per heavy atom. The van der Waals surface area contributed by atoms with E-state index in [-0.39, 0.29) is 41.8 Å². The van der Waals surface area contributed by atoms with Gasteiger partial charge in [0.15, 0.2) is 0 Å². The highest BCUT2D eigenvalue weighted by Gasteiger charge is 2.50. The van der Waals surface area contributed by atoms with Gasteiger partial charge >= 0.3 is 0 Å². The second-order valence-corrected chi connectivity index (χ2v) is 31.5. The molecular weight excluding hydrogens is 1110 g/mol. The van der Waals surface area contributed by atoms with Crippen LogP contribution >= 0.6 is 0 Å². The average molecular weight is 1190 g/mol. The van der Waals surface area contributed by atoms with Crippen LogP contribution in [0.3, 0.4) is 0 Å². The van der Waals surface area contributed by atoms with Crippen LogP contribution in [0.25, 0.3) is 0 Å². The predicted molar refractivity (Wildman–Crippen MR) is 387 cm³/mol. The second-order valence-electron chi connectivity index (χ2n) is 31.5. The van der Waals surface area contributed by atoms with Crippen molar-refractivity contribution in [1.29, 1.82) is 0 Å². The zero-order chi connectivity index (χ0) is 63.6. The minimum atomic E-state index is -0.246. The number of hydrogen-bond donors (Lipinski definition) is 0. The maximum Gasteiger partial charge on any atom is 0.260 e. The summed E-state index contributed by atoms with van der Waals surface area (Å²) >= 11 is 0. The monoisotopic (exact) mass is 1190 g/mol. The molecule has 0 fully saturated rings. The van der Waals surface area contributed by atoms with Gasteiger partial charge in [-0.2, -0.15) is 0 Å². The Hall–Kier alpha value is -8.81. The Labute approximate surface area is 540 Å². The van der Waals surface area contributed by atoms with Gasteiger partial charge in [-0.25, -0.2) is 0 Å². The lowest BCUT2D eigenvalue weighted by Crippen LogP contribution is -2.65. The minimum absolute atomic E-state index is 0.00811. The highest BCUT2D eigenvalue weighted by molar-refractivity contribution is 7.03. The average Bonchev–Trinajstić information content (AvgIpc) is 0.704. The number of hydrogen-bond acceptors (Lipinski definition) is 6. The number of ether oxygens (including phenoxy) is 3. The molecular formula is C82H80B3N3O3. The zero-order valence-electron chi connectivity index (χ0n) is 56.3. The normalized spacial score (nSPS) is 14.6. The summed E-state index contributed by atoms with van der Waals surface area (Å²) in [6, 6.07) is 61.4. The first-order valence-electron chi connectivity index (χ1n) is 32.9. The van der Waals surface area contributed by atoms with Gasteiger partial charge in [-0.15, -0.1) is 0 Å². The molecule has 0 aliphatic carbocycles. The number of nitrogens with zero attached hydrogens (tertiary/aromatic N) is 3. The van der Waals surface area contributed by atoms with E-state index in [0.29, 0.717) is 0 Å². The summed E-state index contributed by atoms with van der Waals surface area (Å²) in [5.41, 5.74) is 33.2. The Kier molecular flexibility index (Phi) is 12.2. The summed E-state index contributed by atoms with van der Waals surface area (Å²) in [6.07, 6.45) is 0. The number of anilines is 9. The molecule has 91 heavy (non-hydrogen) atoms. The number of benzene rings is 10. The third-order valence-electron chi connectivity index (χ3n) is 20.6. The van der Waals surface area contributed by atoms with Gasteiger partial charge in [0.2, 0.25) is 0 Å². The molecule has 0 amide bonds. The van der Waals surface area contributed by atoms with Crippen LogP contribution in [0.4, 0.5) is 51.2 Å². The van der Waals surface area contributed by atoms with Crippen molar-refractivity contribution in [2.45, 2.75) is 146 Å². The lowest BCUT2D eigenvalue weighted by Gasteiger charge is -2.45. The van der Waals surface area contributed by atoms with E-state index in [0.717, 1.165) is 90.4 Å². The molecule has 16 rings (SSSR count). The summed E-state index contributed by atoms with van der Waals surface area (Å²) < 4.78 is 22.1. The highest BCUT2D eigenvalue weighted by atomic mass is 16.5. The quantitative estimate of drug-likeness (QED) is 0.164. The first-order chi connectivity index (χ1) is 43.1. The molecule has 6 nitrogen and oxygen atoms in total. The van der Waals surface area contributed by atoms with Gasteiger partial charge in [0.25, 0.3) is 20.1 Å². The van der Waals surface area contributed by atoms with Crippen molar-refractivity contribution in [3.05, 3.63) is 213 Å². The van der Waals surface area contributed by atoms with E-state index in [9.17, 15) is 0 Å². The highest BCUT2D eigenvalue weighted by Crippen LogP contribution is 2.50. The third-order valence-corrected chi connectivity index (χ3v) is 20.6. The maximum absolute atomic E-state index is 7.49. The van der Waals surface area contributed by atoms with E-state index in [1.165, 1.54) is 100 Å². The zero-order valence-corrected chi connectivity index (χ0v) is 56.3. The molecule has 10 aromatic carbocycles. The molecule has 0 saturated carbocycles. The van der Waals surface area contributed by atoms with Crippen molar-refractivity contribution >= 4 is 120 Å². The summed E-state index contributed by atoms with van der Waals surface area (Å²) in [5.74, 6) is 5.18. The Morgan fingerprint density at radius 2 is 0.615 bits per heavy atom. The molecule has 10 aromatic rings. The Balaban J connectivity index is 0.984. The van der Waals surface area contributed by atoms with Crippen LogP contribution in [0.15, 0.2) is 158 Å². The molecule has 0 aromatic heterocycles. The fourth-order valence-corrected chi connectivity index (χ4v) is 16.1. The number of rotatable bonds is 3. The predicted octanol–water partition coefficient (Wildman–Crippen LogP) is 15.9. The van der Waals surface area contributed by atoms with Crippen LogP contribution in [0.1, 0.15) is 139 Å². The molecule has 450 valence electrons. The first kappa shape index (κ1) is 57.4. The SMILES string of the molecule is Cc1cc(C)c(N2c3cc4c(cc3B3c5cc(C(C)(C)C)ccc5Oc5cc(C)cc2c53)B2c3cc5c(cc3Oc3cc(C)cc(c32)O4)N(c2ccc(C(C)(C)C)cc2)c2cc(C)cc3c2B5c2cc(C(C)(C)C)ccc2N3c2ccc(C(C)(C)C)cc2)c(C)c1. The lowest BCUT2D eigenvalue weighted by molar-refractivity contribution is 0.464. The van der Waals surface area contributed by atoms with Crippen LogP contribution in [0.2, 0.25) is 0 Å². The van der Waals surface area contributed by atoms with Gasteiger partial charge < -0.3 is 28.9 Å². The van der Waals surface area contributed by atoms with Crippen molar-refractivity contribution in [3.63, 3.8) is 0 Å². The van der Waals surface area contributed by atoms with Crippen molar-refractivity contribution < 1.29 is 14.2 Å². The van der Waals surface area contributed by atoms with E-state index >= 15 is 0 Å². The van der Waals surface area contributed by atoms with Crippen LogP contribution in [-0.4, -0.2) is 20.1 Å². The molecule has 0 atom stereocenters. The summed E-state index contributed by atoms with van der Waals surface area (Å²) in [5, 5.41) is 0. The van der Waals surface area contributed by atoms with Gasteiger partial charge in [0.1, 0.15) is 34.5 Å². The van der Waals surface area contributed by atoms with Crippen molar-refractivity contribution in [3.8, 4) is 34.5 Å². The fraction of sp³-hybridized carbons (Fsp3) is 0.268.